The summed E-state index contributed by atoms with van der Waals surface area (Å²) >= 11 is 0. The van der Waals surface area contributed by atoms with E-state index < -0.39 is 29.9 Å². The third-order valence-electron chi connectivity index (χ3n) is 3.50. The van der Waals surface area contributed by atoms with Crippen LogP contribution in [-0.4, -0.2) is 36.5 Å². The van der Waals surface area contributed by atoms with Gasteiger partial charge in [0, 0.05) is 6.61 Å². The fourth-order valence-electron chi connectivity index (χ4n) is 2.24. The number of hydrogen-bond acceptors (Lipinski definition) is 5. The molecule has 7 nitrogen and oxygen atoms in total. The summed E-state index contributed by atoms with van der Waals surface area (Å²) in [4.78, 5) is 35.2. The Labute approximate surface area is 134 Å². The van der Waals surface area contributed by atoms with E-state index in [1.54, 1.807) is 0 Å². The van der Waals surface area contributed by atoms with Gasteiger partial charge in [-0.1, -0.05) is 30.3 Å². The van der Waals surface area contributed by atoms with Crippen molar-refractivity contribution in [3.8, 4) is 0 Å². The van der Waals surface area contributed by atoms with Crippen molar-refractivity contribution in [3.63, 3.8) is 0 Å². The fraction of sp³-hybridized carbons (Fsp3) is 0.438. The summed E-state index contributed by atoms with van der Waals surface area (Å²) in [6, 6.07) is 8.05. The highest BCUT2D eigenvalue weighted by Crippen LogP contribution is 2.12. The van der Waals surface area contributed by atoms with Crippen molar-refractivity contribution in [3.05, 3.63) is 35.9 Å². The second-order valence-electron chi connectivity index (χ2n) is 5.32. The molecule has 1 fully saturated rings. The Bertz CT molecular complexity index is 555. The first-order chi connectivity index (χ1) is 11.1. The van der Waals surface area contributed by atoms with E-state index in [1.807, 2.05) is 30.3 Å². The summed E-state index contributed by atoms with van der Waals surface area (Å²) in [5.74, 6) is -1.82. The number of benzene rings is 1. The lowest BCUT2D eigenvalue weighted by Gasteiger charge is -2.17. The van der Waals surface area contributed by atoms with Crippen molar-refractivity contribution in [2.24, 2.45) is 5.73 Å². The predicted octanol–water partition coefficient (Wildman–Crippen LogP) is 0.269. The third-order valence-corrected chi connectivity index (χ3v) is 3.50. The number of ether oxygens (including phenoxy) is 2. The molecular weight excluding hydrogens is 300 g/mol. The molecule has 0 radical (unpaired) electrons. The largest absolute Gasteiger partial charge is 0.461 e. The zero-order valence-electron chi connectivity index (χ0n) is 12.7. The number of hydrogen-bond donors (Lipinski definition) is 2. The van der Waals surface area contributed by atoms with Gasteiger partial charge in [0.1, 0.15) is 18.8 Å². The number of carbonyl (C=O) groups excluding carboxylic acids is 3. The van der Waals surface area contributed by atoms with Crippen LogP contribution in [0.5, 0.6) is 0 Å². The van der Waals surface area contributed by atoms with Gasteiger partial charge in [0.2, 0.25) is 11.8 Å². The van der Waals surface area contributed by atoms with Gasteiger partial charge in [-0.15, -0.1) is 0 Å². The van der Waals surface area contributed by atoms with E-state index >= 15 is 0 Å². The molecule has 0 spiro atoms. The molecule has 3 N–H and O–H groups in total. The molecule has 124 valence electrons. The number of carbonyl (C=O) groups is 3. The molecule has 0 saturated carbocycles. The predicted molar refractivity (Wildman–Crippen MR) is 81.0 cm³/mol. The van der Waals surface area contributed by atoms with Crippen LogP contribution in [0.25, 0.3) is 0 Å². The van der Waals surface area contributed by atoms with Crippen molar-refractivity contribution in [2.75, 3.05) is 6.61 Å². The van der Waals surface area contributed by atoms with Gasteiger partial charge < -0.3 is 20.5 Å². The molecule has 0 bridgehead atoms. The minimum Gasteiger partial charge on any atom is -0.461 e. The zero-order chi connectivity index (χ0) is 16.7. The second-order valence-corrected chi connectivity index (χ2v) is 5.32. The Morgan fingerprint density at radius 2 is 2.04 bits per heavy atom. The molecule has 1 aliphatic heterocycles. The first-order valence-corrected chi connectivity index (χ1v) is 7.47. The highest BCUT2D eigenvalue weighted by molar-refractivity contribution is 5.91. The molecular formula is C16H20N2O5. The lowest BCUT2D eigenvalue weighted by atomic mass is 10.1. The molecule has 2 amide bonds. The van der Waals surface area contributed by atoms with E-state index in [2.05, 4.69) is 5.32 Å². The molecule has 1 aliphatic rings. The third kappa shape index (κ3) is 5.37. The number of nitrogens with one attached hydrogen (secondary N) is 1. The van der Waals surface area contributed by atoms with E-state index in [1.165, 1.54) is 0 Å². The Morgan fingerprint density at radius 1 is 1.30 bits per heavy atom. The van der Waals surface area contributed by atoms with Gasteiger partial charge in [0.25, 0.3) is 0 Å². The van der Waals surface area contributed by atoms with Gasteiger partial charge in [0.15, 0.2) is 0 Å². The van der Waals surface area contributed by atoms with Crippen LogP contribution in [0.15, 0.2) is 30.3 Å². The van der Waals surface area contributed by atoms with Gasteiger partial charge in [-0.3, -0.25) is 14.4 Å². The smallest absolute Gasteiger partial charge is 0.308 e. The number of amides is 2. The van der Waals surface area contributed by atoms with Gasteiger partial charge >= 0.3 is 5.97 Å². The normalized spacial score (nSPS) is 18.2. The molecule has 0 unspecified atom stereocenters. The Balaban J connectivity index is 1.82. The maximum atomic E-state index is 11.9. The number of rotatable bonds is 7. The summed E-state index contributed by atoms with van der Waals surface area (Å²) in [7, 11) is 0. The van der Waals surface area contributed by atoms with E-state index in [-0.39, 0.29) is 13.0 Å². The minimum absolute atomic E-state index is 0.102. The van der Waals surface area contributed by atoms with E-state index in [0.29, 0.717) is 13.0 Å². The van der Waals surface area contributed by atoms with E-state index in [9.17, 15) is 14.4 Å². The summed E-state index contributed by atoms with van der Waals surface area (Å²) in [6.07, 6.45) is 0.492. The van der Waals surface area contributed by atoms with Crippen molar-refractivity contribution in [1.29, 1.82) is 0 Å². The topological polar surface area (TPSA) is 108 Å². The maximum Gasteiger partial charge on any atom is 0.308 e. The summed E-state index contributed by atoms with van der Waals surface area (Å²) < 4.78 is 10.3. The van der Waals surface area contributed by atoms with Crippen LogP contribution in [-0.2, 0) is 30.5 Å². The van der Waals surface area contributed by atoms with Gasteiger partial charge in [0.05, 0.1) is 6.42 Å². The number of nitrogens with two attached hydrogens (primary N) is 1. The van der Waals surface area contributed by atoms with Crippen LogP contribution >= 0.6 is 0 Å². The Hall–Kier alpha value is -2.41. The van der Waals surface area contributed by atoms with Crippen LogP contribution in [0.3, 0.4) is 0 Å². The van der Waals surface area contributed by atoms with Gasteiger partial charge in [-0.2, -0.15) is 0 Å². The van der Waals surface area contributed by atoms with Crippen LogP contribution in [0.4, 0.5) is 0 Å². The maximum absolute atomic E-state index is 11.9. The molecule has 0 aromatic heterocycles. The second kappa shape index (κ2) is 8.28. The van der Waals surface area contributed by atoms with Crippen LogP contribution in [0, 0.1) is 0 Å². The average Bonchev–Trinajstić information content (AvgIpc) is 3.07. The fourth-order valence-corrected chi connectivity index (χ4v) is 2.24. The molecule has 2 atom stereocenters. The molecule has 0 aliphatic carbocycles. The summed E-state index contributed by atoms with van der Waals surface area (Å²) in [5.41, 5.74) is 6.07. The van der Waals surface area contributed by atoms with Crippen LogP contribution < -0.4 is 11.1 Å². The first-order valence-electron chi connectivity index (χ1n) is 7.47. The Kier molecular flexibility index (Phi) is 6.10. The molecule has 1 saturated heterocycles. The van der Waals surface area contributed by atoms with Gasteiger partial charge in [-0.25, -0.2) is 0 Å². The Morgan fingerprint density at radius 3 is 2.65 bits per heavy atom. The molecule has 1 aromatic carbocycles. The highest BCUT2D eigenvalue weighted by atomic mass is 16.5. The van der Waals surface area contributed by atoms with E-state index in [0.717, 1.165) is 12.0 Å². The number of esters is 1. The minimum atomic E-state index is -1.10. The first kappa shape index (κ1) is 17.0. The van der Waals surface area contributed by atoms with Crippen LogP contribution in [0.1, 0.15) is 24.8 Å². The molecule has 23 heavy (non-hydrogen) atoms. The van der Waals surface area contributed by atoms with E-state index in [4.69, 9.17) is 15.2 Å². The standard InChI is InChI=1S/C16H20N2O5/c17-15(20)12(18-16(21)13-7-4-8-22-13)9-14(19)23-10-11-5-2-1-3-6-11/h1-3,5-6,12-13H,4,7-10H2,(H2,17,20)(H,18,21)/t12-,13+/m0/s1. The van der Waals surface area contributed by atoms with Crippen molar-refractivity contribution in [2.45, 2.75) is 38.0 Å². The number of primary amides is 1. The molecule has 1 heterocycles. The van der Waals surface area contributed by atoms with Crippen molar-refractivity contribution < 1.29 is 23.9 Å². The zero-order valence-corrected chi connectivity index (χ0v) is 12.7. The quantitative estimate of drug-likeness (QED) is 0.701. The molecule has 2 rings (SSSR count). The van der Waals surface area contributed by atoms with Crippen LogP contribution in [0.2, 0.25) is 0 Å². The monoisotopic (exact) mass is 320 g/mol. The summed E-state index contributed by atoms with van der Waals surface area (Å²) in [6.45, 7) is 0.614. The molecule has 7 heteroatoms. The average molecular weight is 320 g/mol. The SMILES string of the molecule is NC(=O)[C@H](CC(=O)OCc1ccccc1)NC(=O)[C@H]1CCCO1. The lowest BCUT2D eigenvalue weighted by molar-refractivity contribution is -0.147. The lowest BCUT2D eigenvalue weighted by Crippen LogP contribution is -2.49. The van der Waals surface area contributed by atoms with Gasteiger partial charge in [-0.05, 0) is 18.4 Å². The van der Waals surface area contributed by atoms with Crippen molar-refractivity contribution in [1.82, 2.24) is 5.32 Å². The highest BCUT2D eigenvalue weighted by Gasteiger charge is 2.29. The molecule has 1 aromatic rings. The van der Waals surface area contributed by atoms with Crippen molar-refractivity contribution >= 4 is 17.8 Å². The summed E-state index contributed by atoms with van der Waals surface area (Å²) in [5, 5.41) is 2.45.